The summed E-state index contributed by atoms with van der Waals surface area (Å²) in [6.07, 6.45) is 6.20. The van der Waals surface area contributed by atoms with Gasteiger partial charge in [-0.2, -0.15) is 0 Å². The number of nitrogens with one attached hydrogen (secondary N) is 1. The zero-order chi connectivity index (χ0) is 13.6. The van der Waals surface area contributed by atoms with E-state index in [4.69, 9.17) is 0 Å². The third kappa shape index (κ3) is 4.87. The summed E-state index contributed by atoms with van der Waals surface area (Å²) >= 11 is 0. The molecule has 1 fully saturated rings. The monoisotopic (exact) mass is 256 g/mol. The van der Waals surface area contributed by atoms with Crippen LogP contribution in [0.25, 0.3) is 0 Å². The lowest BCUT2D eigenvalue weighted by atomic mass is 9.92. The maximum atomic E-state index is 9.33. The van der Waals surface area contributed by atoms with Crippen LogP contribution in [0.5, 0.6) is 0 Å². The Kier molecular flexibility index (Phi) is 6.61. The van der Waals surface area contributed by atoms with Crippen molar-refractivity contribution in [1.29, 1.82) is 0 Å². The normalized spacial score (nSPS) is 29.2. The van der Waals surface area contributed by atoms with Crippen molar-refractivity contribution in [3.05, 3.63) is 0 Å². The molecule has 1 aliphatic rings. The van der Waals surface area contributed by atoms with E-state index in [9.17, 15) is 5.11 Å². The Hall–Kier alpha value is -0.120. The van der Waals surface area contributed by atoms with E-state index in [1.54, 1.807) is 0 Å². The number of piperidine rings is 1. The van der Waals surface area contributed by atoms with Crippen LogP contribution < -0.4 is 5.32 Å². The zero-order valence-electron chi connectivity index (χ0n) is 12.7. The summed E-state index contributed by atoms with van der Waals surface area (Å²) in [5, 5.41) is 12.5. The number of aliphatic hydroxyl groups is 1. The summed E-state index contributed by atoms with van der Waals surface area (Å²) < 4.78 is 0. The molecular weight excluding hydrogens is 224 g/mol. The van der Waals surface area contributed by atoms with Crippen LogP contribution in [0.1, 0.15) is 52.9 Å². The van der Waals surface area contributed by atoms with E-state index >= 15 is 0 Å². The summed E-state index contributed by atoms with van der Waals surface area (Å²) in [5.41, 5.74) is -0.0952. The Morgan fingerprint density at radius 2 is 2.06 bits per heavy atom. The van der Waals surface area contributed by atoms with Crippen molar-refractivity contribution in [1.82, 2.24) is 10.2 Å². The van der Waals surface area contributed by atoms with E-state index in [1.165, 1.54) is 38.8 Å². The molecular formula is C15H32N2O. The largest absolute Gasteiger partial charge is 0.394 e. The van der Waals surface area contributed by atoms with Crippen molar-refractivity contribution in [3.63, 3.8) is 0 Å². The van der Waals surface area contributed by atoms with Crippen molar-refractivity contribution in [2.45, 2.75) is 64.5 Å². The number of unbranched alkanes of at least 4 members (excludes halogenated alkanes) is 1. The molecule has 0 aromatic heterocycles. The van der Waals surface area contributed by atoms with Gasteiger partial charge in [-0.1, -0.05) is 13.3 Å². The number of hydrogen-bond acceptors (Lipinski definition) is 3. The predicted molar refractivity (Wildman–Crippen MR) is 77.8 cm³/mol. The molecule has 0 spiro atoms. The molecule has 3 nitrogen and oxygen atoms in total. The Balaban J connectivity index is 2.18. The van der Waals surface area contributed by atoms with Gasteiger partial charge in [-0.25, -0.2) is 0 Å². The molecule has 108 valence electrons. The molecule has 1 rings (SSSR count). The molecule has 3 unspecified atom stereocenters. The van der Waals surface area contributed by atoms with Crippen LogP contribution in [0.3, 0.4) is 0 Å². The van der Waals surface area contributed by atoms with Gasteiger partial charge in [0.1, 0.15) is 0 Å². The highest BCUT2D eigenvalue weighted by molar-refractivity contribution is 4.81. The molecule has 0 aromatic carbocycles. The minimum absolute atomic E-state index is 0.0952. The molecule has 0 radical (unpaired) electrons. The Bertz CT molecular complexity index is 229. The molecule has 0 bridgehead atoms. The van der Waals surface area contributed by atoms with E-state index in [0.717, 1.165) is 18.4 Å². The average molecular weight is 256 g/mol. The van der Waals surface area contributed by atoms with Crippen molar-refractivity contribution >= 4 is 0 Å². The minimum atomic E-state index is -0.0952. The first-order chi connectivity index (χ1) is 8.50. The molecule has 3 atom stereocenters. The van der Waals surface area contributed by atoms with E-state index in [-0.39, 0.29) is 12.1 Å². The molecule has 18 heavy (non-hydrogen) atoms. The van der Waals surface area contributed by atoms with Crippen LogP contribution in [0.4, 0.5) is 0 Å². The highest BCUT2D eigenvalue weighted by atomic mass is 16.3. The van der Waals surface area contributed by atoms with Gasteiger partial charge < -0.3 is 15.3 Å². The lowest BCUT2D eigenvalue weighted by Crippen LogP contribution is -2.43. The van der Waals surface area contributed by atoms with E-state index in [0.29, 0.717) is 0 Å². The first-order valence-electron chi connectivity index (χ1n) is 7.54. The fourth-order valence-corrected chi connectivity index (χ4v) is 2.90. The summed E-state index contributed by atoms with van der Waals surface area (Å²) in [6, 6.07) is 0.752. The molecule has 1 saturated heterocycles. The molecule has 1 aliphatic heterocycles. The smallest absolute Gasteiger partial charge is 0.0610 e. The van der Waals surface area contributed by atoms with E-state index in [1.807, 2.05) is 7.05 Å². The van der Waals surface area contributed by atoms with Gasteiger partial charge in [-0.15, -0.1) is 0 Å². The fourth-order valence-electron chi connectivity index (χ4n) is 2.90. The van der Waals surface area contributed by atoms with Crippen molar-refractivity contribution in [3.8, 4) is 0 Å². The van der Waals surface area contributed by atoms with Crippen molar-refractivity contribution in [2.24, 2.45) is 5.92 Å². The predicted octanol–water partition coefficient (Wildman–Crippen LogP) is 2.25. The fraction of sp³-hybridized carbons (Fsp3) is 1.00. The highest BCUT2D eigenvalue weighted by Gasteiger charge is 2.23. The van der Waals surface area contributed by atoms with Gasteiger partial charge in [0.05, 0.1) is 6.61 Å². The van der Waals surface area contributed by atoms with Gasteiger partial charge in [0, 0.05) is 11.6 Å². The number of aliphatic hydroxyl groups excluding tert-OH is 1. The quantitative estimate of drug-likeness (QED) is 0.686. The molecule has 0 aromatic rings. The Morgan fingerprint density at radius 3 is 2.61 bits per heavy atom. The van der Waals surface area contributed by atoms with Gasteiger partial charge in [-0.05, 0) is 65.6 Å². The van der Waals surface area contributed by atoms with Gasteiger partial charge in [0.25, 0.3) is 0 Å². The van der Waals surface area contributed by atoms with Gasteiger partial charge in [0.15, 0.2) is 0 Å². The second-order valence-electron chi connectivity index (χ2n) is 6.44. The number of likely N-dealkylation sites (N-methyl/N-ethyl adjacent to an activating group) is 1. The summed E-state index contributed by atoms with van der Waals surface area (Å²) in [6.45, 7) is 9.54. The lowest BCUT2D eigenvalue weighted by Gasteiger charge is -2.36. The van der Waals surface area contributed by atoms with Gasteiger partial charge in [0.2, 0.25) is 0 Å². The number of likely N-dealkylation sites (tertiary alicyclic amines) is 1. The number of rotatable bonds is 7. The Morgan fingerprint density at radius 1 is 1.33 bits per heavy atom. The molecule has 1 heterocycles. The molecule has 3 heteroatoms. The van der Waals surface area contributed by atoms with E-state index in [2.05, 4.69) is 31.0 Å². The number of nitrogens with zero attached hydrogens (tertiary/aromatic N) is 1. The minimum Gasteiger partial charge on any atom is -0.394 e. The van der Waals surface area contributed by atoms with Crippen molar-refractivity contribution < 1.29 is 5.11 Å². The third-order valence-corrected chi connectivity index (χ3v) is 4.65. The highest BCUT2D eigenvalue weighted by Crippen LogP contribution is 2.22. The zero-order valence-corrected chi connectivity index (χ0v) is 12.7. The molecule has 0 aliphatic carbocycles. The molecule has 0 saturated carbocycles. The topological polar surface area (TPSA) is 35.5 Å². The van der Waals surface area contributed by atoms with Crippen molar-refractivity contribution in [2.75, 3.05) is 26.7 Å². The van der Waals surface area contributed by atoms with Crippen LogP contribution in [0.2, 0.25) is 0 Å². The third-order valence-electron chi connectivity index (χ3n) is 4.65. The Labute approximate surface area is 113 Å². The first-order valence-corrected chi connectivity index (χ1v) is 7.54. The second-order valence-corrected chi connectivity index (χ2v) is 6.44. The van der Waals surface area contributed by atoms with E-state index < -0.39 is 0 Å². The molecule has 2 N–H and O–H groups in total. The molecule has 0 amide bonds. The average Bonchev–Trinajstić information content (AvgIpc) is 2.36. The van der Waals surface area contributed by atoms with Gasteiger partial charge >= 0.3 is 0 Å². The second kappa shape index (κ2) is 7.46. The SMILES string of the molecule is CNC(C)(CO)CCCCN1CCC(C)CC1C. The summed E-state index contributed by atoms with van der Waals surface area (Å²) in [7, 11) is 1.93. The number of hydrogen-bond donors (Lipinski definition) is 2. The van der Waals surface area contributed by atoms with Crippen LogP contribution in [0.15, 0.2) is 0 Å². The van der Waals surface area contributed by atoms with Crippen LogP contribution in [-0.2, 0) is 0 Å². The standard InChI is InChI=1S/C15H32N2O/c1-13-7-10-17(14(2)11-13)9-6-5-8-15(3,12-18)16-4/h13-14,16,18H,5-12H2,1-4H3. The maximum Gasteiger partial charge on any atom is 0.0610 e. The van der Waals surface area contributed by atoms with Crippen LogP contribution in [-0.4, -0.2) is 48.3 Å². The summed E-state index contributed by atoms with van der Waals surface area (Å²) in [5.74, 6) is 0.901. The van der Waals surface area contributed by atoms with Crippen LogP contribution >= 0.6 is 0 Å². The summed E-state index contributed by atoms with van der Waals surface area (Å²) in [4.78, 5) is 2.63. The lowest BCUT2D eigenvalue weighted by molar-refractivity contribution is 0.123. The maximum absolute atomic E-state index is 9.33. The first kappa shape index (κ1) is 15.9. The van der Waals surface area contributed by atoms with Gasteiger partial charge in [-0.3, -0.25) is 0 Å². The van der Waals surface area contributed by atoms with Crippen LogP contribution in [0, 0.1) is 5.92 Å².